The normalized spacial score (nSPS) is 17.8. The second kappa shape index (κ2) is 7.72. The molecule has 130 valence electrons. The van der Waals surface area contributed by atoms with Crippen molar-refractivity contribution >= 4 is 0 Å². The highest BCUT2D eigenvalue weighted by Gasteiger charge is 2.27. The molecule has 7 heteroatoms. The molecule has 1 aliphatic heterocycles. The number of nitrogens with zero attached hydrogens (tertiary/aromatic N) is 3. The summed E-state index contributed by atoms with van der Waals surface area (Å²) in [7, 11) is 1.60. The molecular formula is C17H22FN3O3. The van der Waals surface area contributed by atoms with Gasteiger partial charge in [0.1, 0.15) is 24.3 Å². The van der Waals surface area contributed by atoms with Gasteiger partial charge in [0.15, 0.2) is 5.82 Å². The van der Waals surface area contributed by atoms with Crippen molar-refractivity contribution in [1.82, 2.24) is 15.0 Å². The highest BCUT2D eigenvalue weighted by molar-refractivity contribution is 5.22. The van der Waals surface area contributed by atoms with Gasteiger partial charge in [-0.25, -0.2) is 4.39 Å². The third-order valence-corrected chi connectivity index (χ3v) is 4.26. The maximum absolute atomic E-state index is 12.9. The molecule has 24 heavy (non-hydrogen) atoms. The van der Waals surface area contributed by atoms with Crippen molar-refractivity contribution in [3.8, 4) is 5.75 Å². The monoisotopic (exact) mass is 335 g/mol. The molecule has 1 aromatic carbocycles. The first-order valence-electron chi connectivity index (χ1n) is 8.13. The lowest BCUT2D eigenvalue weighted by Crippen LogP contribution is -2.39. The largest absolute Gasteiger partial charge is 0.490 e. The van der Waals surface area contributed by atoms with Gasteiger partial charge >= 0.3 is 0 Å². The minimum absolute atomic E-state index is 0.0647. The molecule has 0 bridgehead atoms. The molecule has 0 radical (unpaired) electrons. The maximum Gasteiger partial charge on any atom is 0.243 e. The Bertz CT molecular complexity index is 639. The summed E-state index contributed by atoms with van der Waals surface area (Å²) in [5.74, 6) is 1.64. The highest BCUT2D eigenvalue weighted by atomic mass is 19.1. The van der Waals surface area contributed by atoms with Gasteiger partial charge in [-0.1, -0.05) is 5.16 Å². The number of hydrogen-bond donors (Lipinski definition) is 0. The molecule has 1 atom stereocenters. The third kappa shape index (κ3) is 4.10. The Morgan fingerprint density at radius 3 is 2.67 bits per heavy atom. The van der Waals surface area contributed by atoms with Crippen LogP contribution in [0, 0.1) is 5.82 Å². The first kappa shape index (κ1) is 16.9. The van der Waals surface area contributed by atoms with Crippen LogP contribution in [0.5, 0.6) is 5.75 Å². The van der Waals surface area contributed by atoms with E-state index >= 15 is 0 Å². The predicted octanol–water partition coefficient (Wildman–Crippen LogP) is 2.96. The zero-order chi connectivity index (χ0) is 16.9. The average Bonchev–Trinajstić information content (AvgIpc) is 3.06. The van der Waals surface area contributed by atoms with E-state index in [1.165, 1.54) is 12.1 Å². The molecular weight excluding hydrogens is 313 g/mol. The Balaban J connectivity index is 1.51. The number of halogens is 1. The topological polar surface area (TPSA) is 60.6 Å². The van der Waals surface area contributed by atoms with E-state index in [1.54, 1.807) is 19.2 Å². The summed E-state index contributed by atoms with van der Waals surface area (Å²) >= 11 is 0. The van der Waals surface area contributed by atoms with Gasteiger partial charge in [0, 0.05) is 20.2 Å². The Labute approximate surface area is 140 Å². The average molecular weight is 335 g/mol. The Kier molecular flexibility index (Phi) is 5.42. The van der Waals surface area contributed by atoms with Crippen LogP contribution in [0.15, 0.2) is 28.8 Å². The minimum atomic E-state index is -0.251. The van der Waals surface area contributed by atoms with Crippen molar-refractivity contribution in [3.05, 3.63) is 41.8 Å². The molecule has 1 fully saturated rings. The van der Waals surface area contributed by atoms with Gasteiger partial charge in [0.05, 0.1) is 6.04 Å². The van der Waals surface area contributed by atoms with E-state index in [2.05, 4.69) is 22.0 Å². The van der Waals surface area contributed by atoms with E-state index in [9.17, 15) is 4.39 Å². The number of piperidine rings is 1. The second-order valence-corrected chi connectivity index (χ2v) is 5.96. The van der Waals surface area contributed by atoms with Crippen LogP contribution in [-0.4, -0.2) is 41.3 Å². The zero-order valence-corrected chi connectivity index (χ0v) is 13.9. The Morgan fingerprint density at radius 2 is 2.00 bits per heavy atom. The van der Waals surface area contributed by atoms with Gasteiger partial charge in [-0.05, 0) is 44.0 Å². The zero-order valence-electron chi connectivity index (χ0n) is 13.9. The lowest BCUT2D eigenvalue weighted by atomic mass is 10.1. The summed E-state index contributed by atoms with van der Waals surface area (Å²) in [5, 5.41) is 3.91. The van der Waals surface area contributed by atoms with Crippen molar-refractivity contribution in [1.29, 1.82) is 0 Å². The lowest BCUT2D eigenvalue weighted by Gasteiger charge is -2.34. The fraction of sp³-hybridized carbons (Fsp3) is 0.529. The molecule has 0 amide bonds. The van der Waals surface area contributed by atoms with E-state index in [-0.39, 0.29) is 18.0 Å². The summed E-state index contributed by atoms with van der Waals surface area (Å²) in [6.45, 7) is 4.18. The van der Waals surface area contributed by atoms with Gasteiger partial charge in [-0.15, -0.1) is 0 Å². The fourth-order valence-electron chi connectivity index (χ4n) is 2.87. The van der Waals surface area contributed by atoms with Gasteiger partial charge in [0.2, 0.25) is 5.89 Å². The van der Waals surface area contributed by atoms with Crippen LogP contribution in [0.3, 0.4) is 0 Å². The standard InChI is InChI=1S/C17H22FN3O3/c1-12(17-19-16(11-22-2)20-24-17)21-9-7-15(8-10-21)23-14-5-3-13(18)4-6-14/h3-6,12,15H,7-11H2,1-2H3/t12-/m1/s1. The van der Waals surface area contributed by atoms with E-state index in [1.807, 2.05) is 0 Å². The summed E-state index contributed by atoms with van der Waals surface area (Å²) in [6.07, 6.45) is 1.95. The molecule has 2 aromatic rings. The van der Waals surface area contributed by atoms with Crippen LogP contribution in [0.1, 0.15) is 37.5 Å². The van der Waals surface area contributed by atoms with E-state index in [0.717, 1.165) is 25.9 Å². The van der Waals surface area contributed by atoms with Gasteiger partial charge in [-0.2, -0.15) is 4.98 Å². The van der Waals surface area contributed by atoms with Crippen LogP contribution in [0.2, 0.25) is 0 Å². The molecule has 0 N–H and O–H groups in total. The Hall–Kier alpha value is -1.99. The van der Waals surface area contributed by atoms with Crippen molar-refractivity contribution < 1.29 is 18.4 Å². The Morgan fingerprint density at radius 1 is 1.29 bits per heavy atom. The van der Waals surface area contributed by atoms with Crippen LogP contribution < -0.4 is 4.74 Å². The number of benzene rings is 1. The minimum Gasteiger partial charge on any atom is -0.490 e. The summed E-state index contributed by atoms with van der Waals surface area (Å²) < 4.78 is 29.2. The van der Waals surface area contributed by atoms with Crippen molar-refractivity contribution in [3.63, 3.8) is 0 Å². The molecule has 6 nitrogen and oxygen atoms in total. The second-order valence-electron chi connectivity index (χ2n) is 5.96. The molecule has 3 rings (SSSR count). The molecule has 0 spiro atoms. The summed E-state index contributed by atoms with van der Waals surface area (Å²) in [6, 6.07) is 6.23. The van der Waals surface area contributed by atoms with E-state index in [4.69, 9.17) is 14.0 Å². The number of likely N-dealkylation sites (tertiary alicyclic amines) is 1. The maximum atomic E-state index is 12.9. The first-order valence-corrected chi connectivity index (χ1v) is 8.13. The van der Waals surface area contributed by atoms with Gasteiger partial charge in [0.25, 0.3) is 0 Å². The molecule has 1 aliphatic rings. The molecule has 2 heterocycles. The van der Waals surface area contributed by atoms with Crippen LogP contribution in [-0.2, 0) is 11.3 Å². The molecule has 0 saturated carbocycles. The SMILES string of the molecule is COCc1noc([C@@H](C)N2CCC(Oc3ccc(F)cc3)CC2)n1. The highest BCUT2D eigenvalue weighted by Crippen LogP contribution is 2.25. The quantitative estimate of drug-likeness (QED) is 0.809. The number of ether oxygens (including phenoxy) is 2. The fourth-order valence-corrected chi connectivity index (χ4v) is 2.87. The molecule has 0 unspecified atom stereocenters. The summed E-state index contributed by atoms with van der Waals surface area (Å²) in [4.78, 5) is 6.66. The van der Waals surface area contributed by atoms with Crippen molar-refractivity contribution in [2.75, 3.05) is 20.2 Å². The van der Waals surface area contributed by atoms with E-state index in [0.29, 0.717) is 24.1 Å². The van der Waals surface area contributed by atoms with Crippen molar-refractivity contribution in [2.24, 2.45) is 0 Å². The van der Waals surface area contributed by atoms with Crippen LogP contribution >= 0.6 is 0 Å². The van der Waals surface area contributed by atoms with Crippen molar-refractivity contribution in [2.45, 2.75) is 38.5 Å². The number of aromatic nitrogens is 2. The van der Waals surface area contributed by atoms with Gasteiger partial charge < -0.3 is 14.0 Å². The molecule has 0 aliphatic carbocycles. The molecule has 1 aromatic heterocycles. The van der Waals surface area contributed by atoms with Crippen LogP contribution in [0.4, 0.5) is 4.39 Å². The lowest BCUT2D eigenvalue weighted by molar-refractivity contribution is 0.0700. The third-order valence-electron chi connectivity index (χ3n) is 4.26. The number of rotatable bonds is 6. The van der Waals surface area contributed by atoms with Crippen LogP contribution in [0.25, 0.3) is 0 Å². The smallest absolute Gasteiger partial charge is 0.243 e. The summed E-state index contributed by atoms with van der Waals surface area (Å²) in [5.41, 5.74) is 0. The molecule has 1 saturated heterocycles. The van der Waals surface area contributed by atoms with Gasteiger partial charge in [-0.3, -0.25) is 4.90 Å². The van der Waals surface area contributed by atoms with E-state index < -0.39 is 0 Å². The number of hydrogen-bond acceptors (Lipinski definition) is 6. The predicted molar refractivity (Wildman–Crippen MR) is 85.0 cm³/mol. The number of methoxy groups -OCH3 is 1. The first-order chi connectivity index (χ1) is 11.7.